The number of benzene rings is 1. The van der Waals surface area contributed by atoms with Crippen LogP contribution in [0.25, 0.3) is 6.08 Å². The lowest BCUT2D eigenvalue weighted by molar-refractivity contribution is -0.119. The molecule has 0 bridgehead atoms. The van der Waals surface area contributed by atoms with E-state index in [1.54, 1.807) is 25.3 Å². The summed E-state index contributed by atoms with van der Waals surface area (Å²) in [7, 11) is 1.56. The van der Waals surface area contributed by atoms with E-state index in [0.717, 1.165) is 17.3 Å². The van der Waals surface area contributed by atoms with Gasteiger partial charge in [0.15, 0.2) is 16.7 Å². The molecule has 0 unspecified atom stereocenters. The summed E-state index contributed by atoms with van der Waals surface area (Å²) in [5.41, 5.74) is 3.08. The Morgan fingerprint density at radius 2 is 2.12 bits per heavy atom. The summed E-state index contributed by atoms with van der Waals surface area (Å²) in [4.78, 5) is 23.3. The molecule has 2 N–H and O–H groups in total. The Kier molecular flexibility index (Phi) is 5.86. The molecule has 7 nitrogen and oxygen atoms in total. The number of thioether (sulfide) groups is 1. The standard InChI is InChI=1S/C16H19N3O4S/c1-9(2)23-12-6-5-11(7-13(12)22-4)8-14-15(21)17-16(24-14)19-18-10(3)20/h5-9H,1-4H3,(H,18,20)(H,17,19,21)/b14-8-. The van der Waals surface area contributed by atoms with Crippen LogP contribution in [-0.4, -0.2) is 30.2 Å². The summed E-state index contributed by atoms with van der Waals surface area (Å²) in [6, 6.07) is 5.43. The van der Waals surface area contributed by atoms with Gasteiger partial charge in [0, 0.05) is 6.92 Å². The minimum atomic E-state index is -0.305. The maximum Gasteiger partial charge on any atom is 0.264 e. The minimum absolute atomic E-state index is 0.0341. The van der Waals surface area contributed by atoms with Crippen LogP contribution in [-0.2, 0) is 9.59 Å². The van der Waals surface area contributed by atoms with Crippen LogP contribution < -0.4 is 20.2 Å². The first kappa shape index (κ1) is 17.9. The van der Waals surface area contributed by atoms with Gasteiger partial charge < -0.3 is 9.47 Å². The van der Waals surface area contributed by atoms with Crippen LogP contribution in [0.3, 0.4) is 0 Å². The third-order valence-electron chi connectivity index (χ3n) is 2.81. The number of ether oxygens (including phenoxy) is 2. The van der Waals surface area contributed by atoms with Crippen molar-refractivity contribution in [3.05, 3.63) is 28.7 Å². The van der Waals surface area contributed by atoms with Crippen molar-refractivity contribution >= 4 is 34.8 Å². The van der Waals surface area contributed by atoms with E-state index in [1.807, 2.05) is 19.9 Å². The molecule has 2 amide bonds. The molecule has 1 fully saturated rings. The zero-order valence-corrected chi connectivity index (χ0v) is 14.7. The summed E-state index contributed by atoms with van der Waals surface area (Å²) < 4.78 is 11.0. The number of hydrogen-bond acceptors (Lipinski definition) is 6. The van der Waals surface area contributed by atoms with E-state index in [9.17, 15) is 9.59 Å². The van der Waals surface area contributed by atoms with Gasteiger partial charge in [0.05, 0.1) is 18.1 Å². The fourth-order valence-corrected chi connectivity index (χ4v) is 2.67. The lowest BCUT2D eigenvalue weighted by Gasteiger charge is -2.13. The Morgan fingerprint density at radius 1 is 1.38 bits per heavy atom. The highest BCUT2D eigenvalue weighted by atomic mass is 32.2. The smallest absolute Gasteiger partial charge is 0.264 e. The number of nitrogens with zero attached hydrogens (tertiary/aromatic N) is 1. The van der Waals surface area contributed by atoms with E-state index in [0.29, 0.717) is 21.6 Å². The van der Waals surface area contributed by atoms with Crippen molar-refractivity contribution in [3.63, 3.8) is 0 Å². The predicted molar refractivity (Wildman–Crippen MR) is 93.7 cm³/mol. The van der Waals surface area contributed by atoms with Gasteiger partial charge in [0.2, 0.25) is 5.91 Å². The molecule has 8 heteroatoms. The second-order valence-electron chi connectivity index (χ2n) is 5.23. The van der Waals surface area contributed by atoms with Gasteiger partial charge in [-0.1, -0.05) is 6.07 Å². The normalized spacial score (nSPS) is 17.3. The largest absolute Gasteiger partial charge is 0.493 e. The molecule has 1 heterocycles. The van der Waals surface area contributed by atoms with Crippen molar-refractivity contribution in [2.45, 2.75) is 26.9 Å². The second kappa shape index (κ2) is 7.87. The second-order valence-corrected chi connectivity index (χ2v) is 6.26. The van der Waals surface area contributed by atoms with Crippen molar-refractivity contribution in [2.75, 3.05) is 7.11 Å². The number of carbonyl (C=O) groups is 2. The van der Waals surface area contributed by atoms with Crippen LogP contribution in [0, 0.1) is 0 Å². The van der Waals surface area contributed by atoms with Gasteiger partial charge in [-0.25, -0.2) is 5.43 Å². The van der Waals surface area contributed by atoms with E-state index in [1.165, 1.54) is 6.92 Å². The summed E-state index contributed by atoms with van der Waals surface area (Å²) in [5.74, 6) is 0.658. The topological polar surface area (TPSA) is 89.0 Å². The van der Waals surface area contributed by atoms with Crippen molar-refractivity contribution in [3.8, 4) is 11.5 Å². The number of methoxy groups -OCH3 is 1. The first-order valence-electron chi connectivity index (χ1n) is 7.29. The molecule has 1 aromatic rings. The van der Waals surface area contributed by atoms with Gasteiger partial charge in [-0.15, -0.1) is 5.10 Å². The summed E-state index contributed by atoms with van der Waals surface area (Å²) in [6.07, 6.45) is 1.75. The average Bonchev–Trinajstić information content (AvgIpc) is 2.86. The molecule has 1 aliphatic heterocycles. The third kappa shape index (κ3) is 4.76. The average molecular weight is 349 g/mol. The highest BCUT2D eigenvalue weighted by molar-refractivity contribution is 8.18. The monoisotopic (exact) mass is 349 g/mol. The molecule has 0 aliphatic carbocycles. The van der Waals surface area contributed by atoms with Gasteiger partial charge in [-0.05, 0) is 49.4 Å². The molecule has 2 rings (SSSR count). The maximum absolute atomic E-state index is 12.0. The van der Waals surface area contributed by atoms with Gasteiger partial charge in [0.1, 0.15) is 0 Å². The van der Waals surface area contributed by atoms with E-state index in [4.69, 9.17) is 9.47 Å². The lowest BCUT2D eigenvalue weighted by Crippen LogP contribution is -2.23. The van der Waals surface area contributed by atoms with Crippen LogP contribution in [0.1, 0.15) is 26.3 Å². The number of amides is 2. The van der Waals surface area contributed by atoms with Crippen LogP contribution in [0.4, 0.5) is 0 Å². The number of hydrazone groups is 1. The summed E-state index contributed by atoms with van der Waals surface area (Å²) in [5, 5.41) is 6.72. The Bertz CT molecular complexity index is 713. The molecule has 0 spiro atoms. The summed E-state index contributed by atoms with van der Waals surface area (Å²) in [6.45, 7) is 5.21. The number of rotatable bonds is 5. The quantitative estimate of drug-likeness (QED) is 0.628. The number of amidine groups is 1. The number of hydrogen-bond donors (Lipinski definition) is 2. The van der Waals surface area contributed by atoms with Gasteiger partial charge in [-0.3, -0.25) is 14.9 Å². The molecule has 0 atom stereocenters. The third-order valence-corrected chi connectivity index (χ3v) is 3.72. The Balaban J connectivity index is 2.20. The van der Waals surface area contributed by atoms with Crippen LogP contribution >= 0.6 is 11.8 Å². The van der Waals surface area contributed by atoms with Crippen molar-refractivity contribution in [2.24, 2.45) is 5.10 Å². The van der Waals surface area contributed by atoms with E-state index >= 15 is 0 Å². The van der Waals surface area contributed by atoms with E-state index < -0.39 is 0 Å². The first-order chi connectivity index (χ1) is 11.4. The highest BCUT2D eigenvalue weighted by Gasteiger charge is 2.24. The number of nitrogens with one attached hydrogen (secondary N) is 2. The molecule has 24 heavy (non-hydrogen) atoms. The van der Waals surface area contributed by atoms with Crippen LogP contribution in [0.15, 0.2) is 28.2 Å². The van der Waals surface area contributed by atoms with E-state index in [2.05, 4.69) is 15.8 Å². The Labute approximate surface area is 144 Å². The van der Waals surface area contributed by atoms with Gasteiger partial charge in [0.25, 0.3) is 5.91 Å². The fourth-order valence-electron chi connectivity index (χ4n) is 1.89. The van der Waals surface area contributed by atoms with Crippen molar-refractivity contribution in [1.29, 1.82) is 0 Å². The zero-order valence-electron chi connectivity index (χ0n) is 13.9. The Hall–Kier alpha value is -2.48. The zero-order chi connectivity index (χ0) is 17.7. The molecular formula is C16H19N3O4S. The molecular weight excluding hydrogens is 330 g/mol. The van der Waals surface area contributed by atoms with E-state index in [-0.39, 0.29) is 17.9 Å². The first-order valence-corrected chi connectivity index (χ1v) is 8.10. The molecule has 0 saturated carbocycles. The maximum atomic E-state index is 12.0. The molecule has 0 aromatic heterocycles. The predicted octanol–water partition coefficient (Wildman–Crippen LogP) is 2.09. The SMILES string of the molecule is COc1cc(/C=C2\S/C(=N\NC(C)=O)NC2=O)ccc1OC(C)C. The molecule has 1 aliphatic rings. The number of carbonyl (C=O) groups excluding carboxylic acids is 2. The van der Waals surface area contributed by atoms with Crippen LogP contribution in [0.5, 0.6) is 11.5 Å². The molecule has 128 valence electrons. The molecule has 1 aromatic carbocycles. The highest BCUT2D eigenvalue weighted by Crippen LogP contribution is 2.32. The Morgan fingerprint density at radius 3 is 2.75 bits per heavy atom. The summed E-state index contributed by atoms with van der Waals surface area (Å²) >= 11 is 1.15. The van der Waals surface area contributed by atoms with Crippen molar-refractivity contribution < 1.29 is 19.1 Å². The minimum Gasteiger partial charge on any atom is -0.493 e. The fraction of sp³-hybridized carbons (Fsp3) is 0.312. The molecule has 0 radical (unpaired) electrons. The lowest BCUT2D eigenvalue weighted by atomic mass is 10.2. The van der Waals surface area contributed by atoms with Gasteiger partial charge in [-0.2, -0.15) is 0 Å². The van der Waals surface area contributed by atoms with Crippen molar-refractivity contribution in [1.82, 2.24) is 10.7 Å². The van der Waals surface area contributed by atoms with Gasteiger partial charge >= 0.3 is 0 Å². The molecule has 1 saturated heterocycles. The van der Waals surface area contributed by atoms with Crippen LogP contribution in [0.2, 0.25) is 0 Å².